The first kappa shape index (κ1) is 59.9. The van der Waals surface area contributed by atoms with E-state index in [4.69, 9.17) is 19.6 Å². The molecule has 4 N–H and O–H groups in total. The van der Waals surface area contributed by atoms with Crippen molar-refractivity contribution in [3.05, 3.63) is 136 Å². The van der Waals surface area contributed by atoms with Crippen LogP contribution in [0.15, 0.2) is 97.2 Å². The Balaban J connectivity index is 0.705. The largest absolute Gasteiger partial charge is 0.476 e. The summed E-state index contributed by atoms with van der Waals surface area (Å²) < 4.78 is 49.3. The van der Waals surface area contributed by atoms with Gasteiger partial charge in [-0.2, -0.15) is 13.5 Å². The van der Waals surface area contributed by atoms with Crippen molar-refractivity contribution in [3.63, 3.8) is 0 Å². The highest BCUT2D eigenvalue weighted by Gasteiger charge is 2.66. The van der Waals surface area contributed by atoms with Gasteiger partial charge in [0, 0.05) is 86.8 Å². The van der Waals surface area contributed by atoms with E-state index in [2.05, 4.69) is 29.5 Å². The van der Waals surface area contributed by atoms with Gasteiger partial charge in [-0.25, -0.2) is 19.6 Å². The molecule has 4 aliphatic carbocycles. The number of imide groups is 1. The second kappa shape index (κ2) is 24.1. The number of carboxylic acid groups (broad SMARTS) is 1. The Labute approximate surface area is 502 Å². The number of para-hydroxylation sites is 1. The molecule has 0 radical (unpaired) electrons. The first-order chi connectivity index (χ1) is 41.0. The van der Waals surface area contributed by atoms with Gasteiger partial charge in [-0.1, -0.05) is 73.7 Å². The third-order valence-electron chi connectivity index (χ3n) is 17.7. The van der Waals surface area contributed by atoms with Crippen LogP contribution in [-0.4, -0.2) is 134 Å². The van der Waals surface area contributed by atoms with Gasteiger partial charge < -0.3 is 29.7 Å². The van der Waals surface area contributed by atoms with Gasteiger partial charge in [-0.3, -0.25) is 38.6 Å². The van der Waals surface area contributed by atoms with E-state index in [1.807, 2.05) is 83.2 Å². The van der Waals surface area contributed by atoms with Gasteiger partial charge >= 0.3 is 12.1 Å². The number of carbonyl (C=O) groups excluding carboxylic acids is 5. The number of hydrogen-bond acceptors (Lipinski definition) is 15. The monoisotopic (exact) mass is 1210 g/mol. The third-order valence-corrected chi connectivity index (χ3v) is 19.3. The van der Waals surface area contributed by atoms with E-state index >= 15 is 0 Å². The number of nitrogens with zero attached hydrogens (tertiary/aromatic N) is 7. The Morgan fingerprint density at radius 1 is 0.837 bits per heavy atom. The van der Waals surface area contributed by atoms with Crippen molar-refractivity contribution in [2.75, 3.05) is 55.3 Å². The summed E-state index contributed by atoms with van der Waals surface area (Å²) >= 11 is 1.41. The summed E-state index contributed by atoms with van der Waals surface area (Å²) in [6.07, 6.45) is 11.6. The second-order valence-electron chi connectivity index (χ2n) is 24.8. The van der Waals surface area contributed by atoms with E-state index in [9.17, 15) is 46.8 Å². The van der Waals surface area contributed by atoms with E-state index in [0.717, 1.165) is 101 Å². The number of anilines is 2. The minimum atomic E-state index is -4.41. The fraction of sp³-hybridized carbons (Fsp3) is 0.444. The maximum atomic E-state index is 13.8. The van der Waals surface area contributed by atoms with Crippen LogP contribution < -0.4 is 15.5 Å². The Hall–Kier alpha value is -7.86. The maximum Gasteiger partial charge on any atom is 0.410 e. The zero-order valence-corrected chi connectivity index (χ0v) is 50.1. The summed E-state index contributed by atoms with van der Waals surface area (Å²) in [5.41, 5.74) is 5.95. The molecule has 5 heterocycles. The number of amides is 5. The van der Waals surface area contributed by atoms with E-state index < -0.39 is 45.3 Å². The van der Waals surface area contributed by atoms with Crippen LogP contribution in [0.4, 0.5) is 15.7 Å². The fourth-order valence-electron chi connectivity index (χ4n) is 15.0. The van der Waals surface area contributed by atoms with Crippen molar-refractivity contribution in [2.24, 2.45) is 16.2 Å². The predicted octanol–water partition coefficient (Wildman–Crippen LogP) is 8.79. The number of carbonyl (C=O) groups is 6. The van der Waals surface area contributed by atoms with E-state index in [0.29, 0.717) is 60.2 Å². The van der Waals surface area contributed by atoms with Crippen molar-refractivity contribution in [1.82, 2.24) is 34.9 Å². The number of ether oxygens (including phenoxy) is 2. The quantitative estimate of drug-likeness (QED) is 0.0250. The molecule has 23 heteroatoms. The number of hydrogen-bond donors (Lipinski definition) is 4. The summed E-state index contributed by atoms with van der Waals surface area (Å²) in [4.78, 5) is 89.9. The second-order valence-corrected chi connectivity index (χ2v) is 27.4. The Bertz CT molecular complexity index is 3720. The van der Waals surface area contributed by atoms with Crippen LogP contribution in [0.25, 0.3) is 21.3 Å². The molecule has 86 heavy (non-hydrogen) atoms. The van der Waals surface area contributed by atoms with Gasteiger partial charge in [0.15, 0.2) is 10.8 Å². The highest BCUT2D eigenvalue weighted by molar-refractivity contribution is 7.85. The number of rotatable bonds is 24. The molecule has 6 aromatic rings. The lowest BCUT2D eigenvalue weighted by Gasteiger charge is -2.69. The molecule has 21 nitrogen and oxygen atoms in total. The molecule has 2 unspecified atom stereocenters. The normalized spacial score (nSPS) is 22.1. The van der Waals surface area contributed by atoms with Gasteiger partial charge in [0.25, 0.3) is 27.8 Å². The SMILES string of the molecule is Cc1c(-c2ccc(N3CCc4cccc(C(=O)Nc5nc6ccccc6s5)c4C3)nc2C(=O)O)cnn1CC12CC3(C)CC(C)(C1)CC(OCCN(CCS(=O)(=O)O)C(=O)OCc1ccc(CCCCNC(=O)CCN4C(=O)C=CC4=O)cc1)(C3)C2. The zero-order chi connectivity index (χ0) is 60.6. The lowest BCUT2D eigenvalue weighted by molar-refractivity contribution is -0.248. The van der Waals surface area contributed by atoms with Crippen molar-refractivity contribution in [3.8, 4) is 11.1 Å². The molecule has 0 saturated heterocycles. The number of nitrogens with one attached hydrogen (secondary N) is 2. The number of unbranched alkanes of at least 4 members (excludes halogenated alkanes) is 1. The van der Waals surface area contributed by atoms with Crippen molar-refractivity contribution < 1.29 is 56.3 Å². The van der Waals surface area contributed by atoms with Crippen LogP contribution >= 0.6 is 11.3 Å². The predicted molar refractivity (Wildman–Crippen MR) is 322 cm³/mol. The standard InChI is InChI=1S/C63H71N9O12S2/c1-41-47(45-18-19-51(67-55(45)57(77)78)70-25-22-44-10-8-11-46(48(44)32-70)56(76)68-58-66-49-12-4-5-13-50(49)85-58)31-65-72(41)40-62-35-60(2)34-61(3,36-62)38-63(37-60,39-62)84-29-27-69(28-30-86(80,81)82)59(79)83-33-43-16-14-42(15-17-43)9-6-7-24-64-52(73)23-26-71-53(74)20-21-54(71)75/h4-5,8,10-21,31H,6-7,9,22-30,32-40H2,1-3H3,(H,64,73)(H,77,78)(H,66,68,76)(H,80,81,82). The zero-order valence-electron chi connectivity index (χ0n) is 48.5. The minimum absolute atomic E-state index is 0.0284. The maximum absolute atomic E-state index is 13.8. The summed E-state index contributed by atoms with van der Waals surface area (Å²) in [5.74, 6) is -2.70. The highest BCUT2D eigenvalue weighted by atomic mass is 32.2. The Morgan fingerprint density at radius 3 is 2.31 bits per heavy atom. The van der Waals surface area contributed by atoms with Crippen LogP contribution in [0.1, 0.15) is 120 Å². The molecule has 2 aliphatic heterocycles. The molecule has 452 valence electrons. The smallest absolute Gasteiger partial charge is 0.410 e. The average molecular weight is 1210 g/mol. The molecule has 6 aliphatic rings. The first-order valence-corrected chi connectivity index (χ1v) is 31.7. The number of thiazole rings is 1. The molecule has 4 saturated carbocycles. The van der Waals surface area contributed by atoms with Crippen LogP contribution in [0.2, 0.25) is 0 Å². The molecule has 5 amide bonds. The Kier molecular flexibility index (Phi) is 16.8. The van der Waals surface area contributed by atoms with Crippen LogP contribution in [0, 0.1) is 23.2 Å². The minimum Gasteiger partial charge on any atom is -0.476 e. The van der Waals surface area contributed by atoms with E-state index in [1.165, 1.54) is 28.4 Å². The average Bonchev–Trinajstić information content (AvgIpc) is 0.755. The topological polar surface area (TPSA) is 273 Å². The summed E-state index contributed by atoms with van der Waals surface area (Å²) in [5, 5.41) is 22.0. The molecular formula is C63H71N9O12S2. The van der Waals surface area contributed by atoms with Crippen LogP contribution in [0.3, 0.4) is 0 Å². The van der Waals surface area contributed by atoms with Gasteiger partial charge in [-0.15, -0.1) is 0 Å². The van der Waals surface area contributed by atoms with Crippen molar-refractivity contribution in [1.29, 1.82) is 0 Å². The molecule has 2 atom stereocenters. The number of carboxylic acids is 1. The van der Waals surface area contributed by atoms with Gasteiger partial charge in [0.2, 0.25) is 5.91 Å². The number of aromatic carboxylic acids is 1. The fourth-order valence-corrected chi connectivity index (χ4v) is 16.3. The van der Waals surface area contributed by atoms with Gasteiger partial charge in [-0.05, 0) is 140 Å². The number of pyridine rings is 1. The van der Waals surface area contributed by atoms with Gasteiger partial charge in [0.05, 0.1) is 34.4 Å². The van der Waals surface area contributed by atoms with Crippen molar-refractivity contribution >= 4 is 78.3 Å². The summed E-state index contributed by atoms with van der Waals surface area (Å²) in [6, 6.07) is 24.6. The number of fused-ring (bicyclic) bond motifs is 2. The summed E-state index contributed by atoms with van der Waals surface area (Å²) in [7, 11) is -4.41. The molecule has 4 fully saturated rings. The first-order valence-electron chi connectivity index (χ1n) is 29.2. The molecule has 0 spiro atoms. The number of aryl methyl sites for hydroxylation is 1. The lowest BCUT2D eigenvalue weighted by atomic mass is 9.39. The molecule has 3 aromatic carbocycles. The van der Waals surface area contributed by atoms with Crippen LogP contribution in [0.5, 0.6) is 0 Å². The van der Waals surface area contributed by atoms with E-state index in [-0.39, 0.29) is 73.0 Å². The molecule has 12 rings (SSSR count). The molecule has 4 bridgehead atoms. The third kappa shape index (κ3) is 13.4. The van der Waals surface area contributed by atoms with Gasteiger partial charge in [0.1, 0.15) is 12.4 Å². The molecular weight excluding hydrogens is 1140 g/mol. The number of benzene rings is 3. The highest BCUT2D eigenvalue weighted by Crippen LogP contribution is 2.72. The number of aromatic nitrogens is 4. The Morgan fingerprint density at radius 2 is 1.58 bits per heavy atom. The molecule has 3 aromatic heterocycles. The lowest BCUT2D eigenvalue weighted by Crippen LogP contribution is -2.64. The van der Waals surface area contributed by atoms with Crippen LogP contribution in [-0.2, 0) is 66.5 Å². The van der Waals surface area contributed by atoms with E-state index in [1.54, 1.807) is 18.3 Å². The summed E-state index contributed by atoms with van der Waals surface area (Å²) in [6.45, 7) is 8.37. The van der Waals surface area contributed by atoms with Crippen molar-refractivity contribution in [2.45, 2.75) is 117 Å².